The molecule has 0 radical (unpaired) electrons. The molecule has 0 unspecified atom stereocenters. The van der Waals surface area contributed by atoms with Gasteiger partial charge in [0.1, 0.15) is 9.75 Å². The Morgan fingerprint density at radius 1 is 1.35 bits per heavy atom. The van der Waals surface area contributed by atoms with E-state index in [0.717, 1.165) is 11.5 Å². The first-order chi connectivity index (χ1) is 9.54. The molecule has 106 valence electrons. The van der Waals surface area contributed by atoms with Crippen LogP contribution in [0.3, 0.4) is 0 Å². The number of nitrogens with zero attached hydrogens (tertiary/aromatic N) is 2. The SMILES string of the molecule is COC(=O)c1sccc1NC(=O)c1snnc1C(C)C. The molecule has 20 heavy (non-hydrogen) atoms. The number of esters is 1. The van der Waals surface area contributed by atoms with E-state index in [2.05, 4.69) is 19.6 Å². The summed E-state index contributed by atoms with van der Waals surface area (Å²) in [6, 6.07) is 1.67. The van der Waals surface area contributed by atoms with Crippen LogP contribution in [-0.4, -0.2) is 28.6 Å². The van der Waals surface area contributed by atoms with Crippen LogP contribution in [0.25, 0.3) is 0 Å². The summed E-state index contributed by atoms with van der Waals surface area (Å²) in [5.41, 5.74) is 1.09. The van der Waals surface area contributed by atoms with Crippen molar-refractivity contribution in [3.05, 3.63) is 26.9 Å². The number of amides is 1. The molecule has 0 aliphatic carbocycles. The molecule has 1 amide bonds. The highest BCUT2D eigenvalue weighted by molar-refractivity contribution is 7.12. The standard InChI is InChI=1S/C12H13N3O3S2/c1-6(2)8-10(20-15-14-8)11(16)13-7-4-5-19-9(7)12(17)18-3/h4-6H,1-3H3,(H,13,16). The van der Waals surface area contributed by atoms with Gasteiger partial charge in [0.05, 0.1) is 18.5 Å². The molecular weight excluding hydrogens is 298 g/mol. The van der Waals surface area contributed by atoms with Crippen LogP contribution in [0.4, 0.5) is 5.69 Å². The predicted molar refractivity (Wildman–Crippen MR) is 77.6 cm³/mol. The van der Waals surface area contributed by atoms with Gasteiger partial charge in [-0.05, 0) is 28.9 Å². The van der Waals surface area contributed by atoms with Gasteiger partial charge in [-0.3, -0.25) is 4.79 Å². The molecule has 8 heteroatoms. The Balaban J connectivity index is 2.22. The summed E-state index contributed by atoms with van der Waals surface area (Å²) in [5, 5.41) is 8.38. The average Bonchev–Trinajstić information content (AvgIpc) is 3.06. The quantitative estimate of drug-likeness (QED) is 0.878. The zero-order valence-corrected chi connectivity index (χ0v) is 12.8. The van der Waals surface area contributed by atoms with E-state index < -0.39 is 5.97 Å². The van der Waals surface area contributed by atoms with E-state index in [-0.39, 0.29) is 11.8 Å². The highest BCUT2D eigenvalue weighted by Crippen LogP contribution is 2.26. The van der Waals surface area contributed by atoms with Crippen molar-refractivity contribution in [2.24, 2.45) is 0 Å². The summed E-state index contributed by atoms with van der Waals surface area (Å²) in [4.78, 5) is 24.6. The number of carbonyl (C=O) groups excluding carboxylic acids is 2. The van der Waals surface area contributed by atoms with Crippen LogP contribution in [0.2, 0.25) is 0 Å². The summed E-state index contributed by atoms with van der Waals surface area (Å²) in [6.07, 6.45) is 0. The molecule has 1 N–H and O–H groups in total. The summed E-state index contributed by atoms with van der Waals surface area (Å²) >= 11 is 2.26. The van der Waals surface area contributed by atoms with Gasteiger partial charge in [0, 0.05) is 0 Å². The van der Waals surface area contributed by atoms with Gasteiger partial charge >= 0.3 is 5.97 Å². The molecule has 0 saturated heterocycles. The molecule has 6 nitrogen and oxygen atoms in total. The van der Waals surface area contributed by atoms with Gasteiger partial charge in [-0.15, -0.1) is 16.4 Å². The molecule has 0 spiro atoms. The highest BCUT2D eigenvalue weighted by atomic mass is 32.1. The molecule has 0 aromatic carbocycles. The van der Waals surface area contributed by atoms with Crippen LogP contribution < -0.4 is 5.32 Å². The van der Waals surface area contributed by atoms with E-state index in [4.69, 9.17) is 0 Å². The summed E-state index contributed by atoms with van der Waals surface area (Å²) < 4.78 is 8.48. The molecule has 0 atom stereocenters. The maximum absolute atomic E-state index is 12.2. The number of anilines is 1. The van der Waals surface area contributed by atoms with Gasteiger partial charge in [0.25, 0.3) is 5.91 Å². The van der Waals surface area contributed by atoms with Gasteiger partial charge in [-0.25, -0.2) is 4.79 Å². The number of nitrogens with one attached hydrogen (secondary N) is 1. The second kappa shape index (κ2) is 6.10. The molecule has 2 aromatic heterocycles. The van der Waals surface area contributed by atoms with Crippen molar-refractivity contribution in [3.8, 4) is 0 Å². The van der Waals surface area contributed by atoms with Gasteiger partial charge < -0.3 is 10.1 Å². The number of thiophene rings is 1. The van der Waals surface area contributed by atoms with Crippen molar-refractivity contribution in [3.63, 3.8) is 0 Å². The minimum absolute atomic E-state index is 0.108. The Hall–Kier alpha value is -1.80. The van der Waals surface area contributed by atoms with Crippen molar-refractivity contribution < 1.29 is 14.3 Å². The number of carbonyl (C=O) groups is 2. The third-order valence-electron chi connectivity index (χ3n) is 2.55. The fraction of sp³-hybridized carbons (Fsp3) is 0.333. The molecule has 2 rings (SSSR count). The lowest BCUT2D eigenvalue weighted by Crippen LogP contribution is -2.14. The van der Waals surface area contributed by atoms with Gasteiger partial charge in [-0.2, -0.15) is 0 Å². The number of rotatable bonds is 4. The van der Waals surface area contributed by atoms with Gasteiger partial charge in [0.15, 0.2) is 0 Å². The number of hydrogen-bond donors (Lipinski definition) is 1. The maximum atomic E-state index is 12.2. The predicted octanol–water partition coefficient (Wildman–Crippen LogP) is 2.76. The lowest BCUT2D eigenvalue weighted by atomic mass is 10.1. The Labute approximate surface area is 123 Å². The fourth-order valence-corrected chi connectivity index (χ4v) is 3.05. The monoisotopic (exact) mass is 311 g/mol. The van der Waals surface area contributed by atoms with E-state index in [1.807, 2.05) is 13.8 Å². The summed E-state index contributed by atoms with van der Waals surface area (Å²) in [7, 11) is 1.30. The summed E-state index contributed by atoms with van der Waals surface area (Å²) in [6.45, 7) is 3.88. The zero-order chi connectivity index (χ0) is 14.7. The Morgan fingerprint density at radius 3 is 2.75 bits per heavy atom. The van der Waals surface area contributed by atoms with Crippen LogP contribution in [0.5, 0.6) is 0 Å². The first kappa shape index (κ1) is 14.6. The Morgan fingerprint density at radius 2 is 2.10 bits per heavy atom. The van der Waals surface area contributed by atoms with Crippen molar-refractivity contribution in [1.29, 1.82) is 0 Å². The highest BCUT2D eigenvalue weighted by Gasteiger charge is 2.21. The lowest BCUT2D eigenvalue weighted by molar-refractivity contribution is 0.0607. The Bertz CT molecular complexity index is 633. The van der Waals surface area contributed by atoms with E-state index in [1.54, 1.807) is 11.4 Å². The largest absolute Gasteiger partial charge is 0.465 e. The second-order valence-corrected chi connectivity index (χ2v) is 5.92. The molecule has 0 aliphatic rings. The lowest BCUT2D eigenvalue weighted by Gasteiger charge is -2.06. The number of aromatic nitrogens is 2. The fourth-order valence-electron chi connectivity index (χ4n) is 1.57. The number of methoxy groups -OCH3 is 1. The third kappa shape index (κ3) is 2.86. The van der Waals surface area contributed by atoms with Crippen molar-refractivity contribution in [1.82, 2.24) is 9.59 Å². The number of ether oxygens (including phenoxy) is 1. The normalized spacial score (nSPS) is 10.6. The molecule has 0 aliphatic heterocycles. The molecule has 2 aromatic rings. The molecule has 2 heterocycles. The average molecular weight is 311 g/mol. The van der Waals surface area contributed by atoms with E-state index in [9.17, 15) is 9.59 Å². The van der Waals surface area contributed by atoms with Crippen LogP contribution in [0, 0.1) is 0 Å². The van der Waals surface area contributed by atoms with Crippen LogP contribution in [-0.2, 0) is 4.74 Å². The van der Waals surface area contributed by atoms with E-state index >= 15 is 0 Å². The minimum atomic E-state index is -0.471. The molecular formula is C12H13N3O3S2. The topological polar surface area (TPSA) is 81.2 Å². The van der Waals surface area contributed by atoms with Gasteiger partial charge in [-0.1, -0.05) is 18.3 Å². The van der Waals surface area contributed by atoms with Crippen LogP contribution in [0.1, 0.15) is 44.8 Å². The smallest absolute Gasteiger partial charge is 0.350 e. The molecule has 0 saturated carbocycles. The first-order valence-electron chi connectivity index (χ1n) is 5.84. The number of hydrogen-bond acceptors (Lipinski definition) is 7. The van der Waals surface area contributed by atoms with Crippen molar-refractivity contribution in [2.75, 3.05) is 12.4 Å². The molecule has 0 bridgehead atoms. The van der Waals surface area contributed by atoms with Crippen molar-refractivity contribution in [2.45, 2.75) is 19.8 Å². The maximum Gasteiger partial charge on any atom is 0.350 e. The van der Waals surface area contributed by atoms with Crippen molar-refractivity contribution >= 4 is 40.4 Å². The second-order valence-electron chi connectivity index (χ2n) is 4.25. The van der Waals surface area contributed by atoms with E-state index in [1.165, 1.54) is 18.4 Å². The zero-order valence-electron chi connectivity index (χ0n) is 11.2. The van der Waals surface area contributed by atoms with E-state index in [0.29, 0.717) is 21.1 Å². The minimum Gasteiger partial charge on any atom is -0.465 e. The third-order valence-corrected chi connectivity index (χ3v) is 4.19. The Kier molecular flexibility index (Phi) is 4.46. The summed E-state index contributed by atoms with van der Waals surface area (Å²) in [5.74, 6) is -0.675. The molecule has 0 fully saturated rings. The van der Waals surface area contributed by atoms with Crippen LogP contribution >= 0.6 is 22.9 Å². The van der Waals surface area contributed by atoms with Gasteiger partial charge in [0.2, 0.25) is 0 Å². The first-order valence-corrected chi connectivity index (χ1v) is 7.49. The van der Waals surface area contributed by atoms with Crippen LogP contribution in [0.15, 0.2) is 11.4 Å².